The van der Waals surface area contributed by atoms with Crippen LogP contribution in [0, 0.1) is 0 Å². The smallest absolute Gasteiger partial charge is 0.393 e. The van der Waals surface area contributed by atoms with Gasteiger partial charge in [0.15, 0.2) is 0 Å². The molecule has 2 aromatic heterocycles. The topological polar surface area (TPSA) is 77.1 Å². The van der Waals surface area contributed by atoms with Crippen LogP contribution in [0.4, 0.5) is 13.2 Å². The molecule has 0 aliphatic carbocycles. The fourth-order valence-electron chi connectivity index (χ4n) is 2.78. The molecular formula is C17H16F3N3O3S. The standard InChI is InChI=1S/C17H16F3N3O3S/c1-8(9(2)24)15-11-6-10(4-5-12(11)27-21-15)23-14(25)7-13(17(18,19)20)22(3)16(23)26/h4-9,24H,1-3H3. The molecule has 1 N–H and O–H groups in total. The highest BCUT2D eigenvalue weighted by Gasteiger charge is 2.35. The summed E-state index contributed by atoms with van der Waals surface area (Å²) in [5.74, 6) is -0.291. The molecule has 2 heterocycles. The number of halogens is 3. The van der Waals surface area contributed by atoms with E-state index in [1.54, 1.807) is 19.9 Å². The van der Waals surface area contributed by atoms with E-state index < -0.39 is 29.2 Å². The number of aromatic nitrogens is 3. The van der Waals surface area contributed by atoms with E-state index in [1.807, 2.05) is 0 Å². The number of aliphatic hydroxyl groups is 1. The van der Waals surface area contributed by atoms with Gasteiger partial charge in [0.25, 0.3) is 5.56 Å². The normalized spacial score (nSPS) is 14.5. The van der Waals surface area contributed by atoms with E-state index in [9.17, 15) is 27.9 Å². The molecule has 144 valence electrons. The van der Waals surface area contributed by atoms with Gasteiger partial charge >= 0.3 is 11.9 Å². The fraction of sp³-hybridized carbons (Fsp3) is 0.353. The Labute approximate surface area is 155 Å². The summed E-state index contributed by atoms with van der Waals surface area (Å²) in [6, 6.07) is 5.05. The Kier molecular flexibility index (Phi) is 4.73. The molecule has 1 aromatic carbocycles. The molecule has 10 heteroatoms. The van der Waals surface area contributed by atoms with Crippen LogP contribution in [-0.4, -0.2) is 24.7 Å². The average Bonchev–Trinajstić information content (AvgIpc) is 2.99. The summed E-state index contributed by atoms with van der Waals surface area (Å²) in [6.45, 7) is 3.41. The second-order valence-electron chi connectivity index (χ2n) is 6.32. The van der Waals surface area contributed by atoms with Crippen molar-refractivity contribution in [3.63, 3.8) is 0 Å². The van der Waals surface area contributed by atoms with Gasteiger partial charge < -0.3 is 5.11 Å². The van der Waals surface area contributed by atoms with E-state index in [0.29, 0.717) is 26.3 Å². The number of nitrogens with zero attached hydrogens (tertiary/aromatic N) is 3. The van der Waals surface area contributed by atoms with Crippen molar-refractivity contribution in [2.24, 2.45) is 7.05 Å². The summed E-state index contributed by atoms with van der Waals surface area (Å²) >= 11 is 1.20. The maximum Gasteiger partial charge on any atom is 0.431 e. The van der Waals surface area contributed by atoms with Crippen molar-refractivity contribution in [3.05, 3.63) is 56.5 Å². The van der Waals surface area contributed by atoms with Crippen LogP contribution in [-0.2, 0) is 13.2 Å². The van der Waals surface area contributed by atoms with Crippen LogP contribution in [0.15, 0.2) is 33.9 Å². The molecule has 3 aromatic rings. The highest BCUT2D eigenvalue weighted by atomic mass is 32.1. The molecule has 0 saturated heterocycles. The molecule has 2 atom stereocenters. The molecular weight excluding hydrogens is 383 g/mol. The van der Waals surface area contributed by atoms with E-state index in [-0.39, 0.29) is 11.6 Å². The van der Waals surface area contributed by atoms with E-state index in [1.165, 1.54) is 23.7 Å². The van der Waals surface area contributed by atoms with Crippen LogP contribution in [0.3, 0.4) is 0 Å². The minimum absolute atomic E-state index is 0.140. The first kappa shape index (κ1) is 19.3. The van der Waals surface area contributed by atoms with Crippen molar-refractivity contribution in [2.75, 3.05) is 0 Å². The van der Waals surface area contributed by atoms with Crippen LogP contribution >= 0.6 is 11.5 Å². The summed E-state index contributed by atoms with van der Waals surface area (Å²) in [5.41, 5.74) is -2.74. The maximum absolute atomic E-state index is 13.0. The van der Waals surface area contributed by atoms with Gasteiger partial charge in [0.1, 0.15) is 5.69 Å². The predicted molar refractivity (Wildman–Crippen MR) is 95.6 cm³/mol. The largest absolute Gasteiger partial charge is 0.431 e. The Bertz CT molecular complexity index is 1130. The molecule has 0 spiro atoms. The highest BCUT2D eigenvalue weighted by molar-refractivity contribution is 7.13. The maximum atomic E-state index is 13.0. The third-order valence-electron chi connectivity index (χ3n) is 4.51. The molecule has 0 amide bonds. The number of hydrogen-bond donors (Lipinski definition) is 1. The highest BCUT2D eigenvalue weighted by Crippen LogP contribution is 2.31. The molecule has 27 heavy (non-hydrogen) atoms. The first-order valence-corrected chi connectivity index (χ1v) is 8.77. The Hall–Kier alpha value is -2.46. The molecule has 0 fully saturated rings. The Morgan fingerprint density at radius 1 is 1.19 bits per heavy atom. The van der Waals surface area contributed by atoms with Gasteiger partial charge in [-0.05, 0) is 36.7 Å². The van der Waals surface area contributed by atoms with Crippen LogP contribution < -0.4 is 11.2 Å². The summed E-state index contributed by atoms with van der Waals surface area (Å²) in [4.78, 5) is 24.7. The van der Waals surface area contributed by atoms with E-state index in [4.69, 9.17) is 0 Å². The zero-order chi connectivity index (χ0) is 20.1. The van der Waals surface area contributed by atoms with Crippen LogP contribution in [0.2, 0.25) is 0 Å². The Balaban J connectivity index is 2.25. The van der Waals surface area contributed by atoms with E-state index in [0.717, 1.165) is 11.7 Å². The molecule has 3 rings (SSSR count). The van der Waals surface area contributed by atoms with Gasteiger partial charge in [0.05, 0.1) is 22.2 Å². The lowest BCUT2D eigenvalue weighted by Gasteiger charge is -2.15. The van der Waals surface area contributed by atoms with Crippen molar-refractivity contribution >= 4 is 21.6 Å². The Morgan fingerprint density at radius 2 is 1.85 bits per heavy atom. The second-order valence-corrected chi connectivity index (χ2v) is 7.13. The molecule has 0 bridgehead atoms. The second kappa shape index (κ2) is 6.61. The van der Waals surface area contributed by atoms with Crippen molar-refractivity contribution < 1.29 is 18.3 Å². The van der Waals surface area contributed by atoms with Crippen molar-refractivity contribution in [1.29, 1.82) is 0 Å². The van der Waals surface area contributed by atoms with Gasteiger partial charge in [-0.1, -0.05) is 6.92 Å². The van der Waals surface area contributed by atoms with Gasteiger partial charge in [-0.3, -0.25) is 9.36 Å². The number of alkyl halides is 3. The third kappa shape index (κ3) is 3.30. The van der Waals surface area contributed by atoms with Crippen LogP contribution in [0.1, 0.15) is 31.2 Å². The van der Waals surface area contributed by atoms with Crippen molar-refractivity contribution in [1.82, 2.24) is 13.5 Å². The lowest BCUT2D eigenvalue weighted by atomic mass is 9.99. The molecule has 6 nitrogen and oxygen atoms in total. The van der Waals surface area contributed by atoms with Gasteiger partial charge in [-0.15, -0.1) is 0 Å². The van der Waals surface area contributed by atoms with E-state index >= 15 is 0 Å². The fourth-order valence-corrected chi connectivity index (χ4v) is 3.63. The number of aliphatic hydroxyl groups excluding tert-OH is 1. The first-order valence-electron chi connectivity index (χ1n) is 8.00. The number of rotatable bonds is 3. The third-order valence-corrected chi connectivity index (χ3v) is 5.35. The van der Waals surface area contributed by atoms with Crippen molar-refractivity contribution in [3.8, 4) is 5.69 Å². The summed E-state index contributed by atoms with van der Waals surface area (Å²) in [6.07, 6.45) is -5.48. The SMILES string of the molecule is CC(O)C(C)c1nsc2ccc(-n3c(=O)cc(C(F)(F)F)n(C)c3=O)cc12. The van der Waals surface area contributed by atoms with Crippen LogP contribution in [0.25, 0.3) is 15.8 Å². The monoisotopic (exact) mass is 399 g/mol. The van der Waals surface area contributed by atoms with Crippen molar-refractivity contribution in [2.45, 2.75) is 32.0 Å². The van der Waals surface area contributed by atoms with Gasteiger partial charge in [0, 0.05) is 24.4 Å². The number of benzene rings is 1. The average molecular weight is 399 g/mol. The lowest BCUT2D eigenvalue weighted by molar-refractivity contribution is -0.144. The molecule has 0 saturated carbocycles. The summed E-state index contributed by atoms with van der Waals surface area (Å²) in [5, 5.41) is 10.5. The first-order chi connectivity index (χ1) is 12.5. The molecule has 0 aliphatic heterocycles. The molecule has 2 unspecified atom stereocenters. The predicted octanol–water partition coefficient (Wildman–Crippen LogP) is 2.65. The quantitative estimate of drug-likeness (QED) is 0.735. The van der Waals surface area contributed by atoms with E-state index in [2.05, 4.69) is 4.37 Å². The summed E-state index contributed by atoms with van der Waals surface area (Å²) in [7, 11) is 0.965. The minimum Gasteiger partial charge on any atom is -0.393 e. The number of fused-ring (bicyclic) bond motifs is 1. The minimum atomic E-state index is -4.81. The lowest BCUT2D eigenvalue weighted by Crippen LogP contribution is -2.40. The zero-order valence-electron chi connectivity index (χ0n) is 14.6. The van der Waals surface area contributed by atoms with Gasteiger partial charge in [0.2, 0.25) is 0 Å². The van der Waals surface area contributed by atoms with Gasteiger partial charge in [-0.2, -0.15) is 17.5 Å². The molecule has 0 aliphatic rings. The summed E-state index contributed by atoms with van der Waals surface area (Å²) < 4.78 is 45.1. The zero-order valence-corrected chi connectivity index (χ0v) is 15.4. The van der Waals surface area contributed by atoms with Gasteiger partial charge in [-0.25, -0.2) is 9.36 Å². The number of hydrogen-bond acceptors (Lipinski definition) is 5. The van der Waals surface area contributed by atoms with Crippen LogP contribution in [0.5, 0.6) is 0 Å². The Morgan fingerprint density at radius 3 is 2.44 bits per heavy atom. The molecule has 0 radical (unpaired) electrons.